The predicted octanol–water partition coefficient (Wildman–Crippen LogP) is 2.73. The van der Waals surface area contributed by atoms with Crippen LogP contribution in [0.25, 0.3) is 0 Å². The van der Waals surface area contributed by atoms with Gasteiger partial charge < -0.3 is 15.2 Å². The number of benzene rings is 1. The zero-order valence-corrected chi connectivity index (χ0v) is 17.9. The molecule has 2 atom stereocenters. The van der Waals surface area contributed by atoms with Crippen LogP contribution in [0.3, 0.4) is 0 Å². The number of carbonyl (C=O) groups is 1. The standard InChI is InChI=1S/C25H29N3O3/c1-3-26-25(14-8-5-9-15-25)19-12-13-22(28-17-21(29)23(31-2)24(28)30)27-20(19)16-18-10-6-4-7-11-18/h1,4,6-7,10-13,21,23,26,29H,5,8-9,14-17H2,2H3/t21-,23-/m1/s1. The monoisotopic (exact) mass is 419 g/mol. The largest absolute Gasteiger partial charge is 0.388 e. The molecular formula is C25H29N3O3. The molecule has 1 aliphatic carbocycles. The lowest BCUT2D eigenvalue weighted by Crippen LogP contribution is -2.42. The highest BCUT2D eigenvalue weighted by Crippen LogP contribution is 2.39. The van der Waals surface area contributed by atoms with E-state index in [2.05, 4.69) is 29.6 Å². The van der Waals surface area contributed by atoms with E-state index in [4.69, 9.17) is 16.1 Å². The Morgan fingerprint density at radius 1 is 1.23 bits per heavy atom. The lowest BCUT2D eigenvalue weighted by Gasteiger charge is -2.38. The van der Waals surface area contributed by atoms with Gasteiger partial charge in [-0.1, -0.05) is 62.1 Å². The minimum absolute atomic E-state index is 0.169. The molecule has 2 N–H and O–H groups in total. The van der Waals surface area contributed by atoms with Crippen molar-refractivity contribution in [2.45, 2.75) is 56.3 Å². The molecule has 1 saturated carbocycles. The molecule has 1 aliphatic heterocycles. The summed E-state index contributed by atoms with van der Waals surface area (Å²) in [6, 6.07) is 16.8. The van der Waals surface area contributed by atoms with Crippen LogP contribution in [-0.4, -0.2) is 41.9 Å². The number of pyridine rings is 1. The maximum absolute atomic E-state index is 12.7. The number of terminal acetylenes is 1. The van der Waals surface area contributed by atoms with Crippen molar-refractivity contribution in [3.05, 3.63) is 59.3 Å². The summed E-state index contributed by atoms with van der Waals surface area (Å²) in [5.74, 6) is 0.264. The van der Waals surface area contributed by atoms with Crippen molar-refractivity contribution in [1.29, 1.82) is 0 Å². The Morgan fingerprint density at radius 2 is 1.97 bits per heavy atom. The fourth-order valence-corrected chi connectivity index (χ4v) is 4.91. The average molecular weight is 420 g/mol. The van der Waals surface area contributed by atoms with E-state index in [1.165, 1.54) is 18.4 Å². The third-order valence-electron chi connectivity index (χ3n) is 6.47. The lowest BCUT2D eigenvalue weighted by atomic mass is 9.75. The molecule has 6 nitrogen and oxygen atoms in total. The van der Waals surface area contributed by atoms with E-state index in [1.807, 2.05) is 24.3 Å². The summed E-state index contributed by atoms with van der Waals surface area (Å²) in [5, 5.41) is 13.5. The molecule has 1 amide bonds. The molecule has 162 valence electrons. The number of anilines is 1. The van der Waals surface area contributed by atoms with Crippen LogP contribution in [0, 0.1) is 12.5 Å². The molecule has 0 spiro atoms. The Kier molecular flexibility index (Phi) is 6.26. The Balaban J connectivity index is 1.76. The van der Waals surface area contributed by atoms with E-state index in [-0.39, 0.29) is 18.0 Å². The van der Waals surface area contributed by atoms with Crippen LogP contribution in [0.5, 0.6) is 0 Å². The van der Waals surface area contributed by atoms with Crippen LogP contribution in [-0.2, 0) is 21.5 Å². The zero-order valence-electron chi connectivity index (χ0n) is 17.9. The van der Waals surface area contributed by atoms with E-state index in [1.54, 1.807) is 0 Å². The van der Waals surface area contributed by atoms with Gasteiger partial charge in [0.25, 0.3) is 5.91 Å². The highest BCUT2D eigenvalue weighted by Gasteiger charge is 2.42. The van der Waals surface area contributed by atoms with E-state index in [9.17, 15) is 9.90 Å². The number of aliphatic hydroxyl groups is 1. The Morgan fingerprint density at radius 3 is 2.61 bits per heavy atom. The molecule has 2 fully saturated rings. The van der Waals surface area contributed by atoms with E-state index in [0.29, 0.717) is 12.2 Å². The van der Waals surface area contributed by atoms with E-state index in [0.717, 1.165) is 42.5 Å². The smallest absolute Gasteiger partial charge is 0.260 e. The molecule has 0 bridgehead atoms. The van der Waals surface area contributed by atoms with E-state index >= 15 is 0 Å². The van der Waals surface area contributed by atoms with Crippen molar-refractivity contribution in [2.24, 2.45) is 0 Å². The molecule has 2 aromatic rings. The second-order valence-corrected chi connectivity index (χ2v) is 8.41. The maximum Gasteiger partial charge on any atom is 0.260 e. The van der Waals surface area contributed by atoms with Gasteiger partial charge in [-0.15, -0.1) is 0 Å². The third kappa shape index (κ3) is 4.16. The van der Waals surface area contributed by atoms with Crippen molar-refractivity contribution in [1.82, 2.24) is 10.3 Å². The van der Waals surface area contributed by atoms with Crippen LogP contribution in [0.15, 0.2) is 42.5 Å². The van der Waals surface area contributed by atoms with Crippen molar-refractivity contribution in [3.8, 4) is 12.5 Å². The molecule has 0 unspecified atom stereocenters. The molecule has 0 radical (unpaired) electrons. The number of carbonyl (C=O) groups excluding carboxylic acids is 1. The van der Waals surface area contributed by atoms with E-state index < -0.39 is 12.2 Å². The van der Waals surface area contributed by atoms with Gasteiger partial charge in [-0.2, -0.15) is 0 Å². The first-order chi connectivity index (χ1) is 15.1. The molecule has 6 heteroatoms. The number of amides is 1. The number of hydrogen-bond donors (Lipinski definition) is 2. The Bertz CT molecular complexity index is 964. The zero-order chi connectivity index (χ0) is 21.8. The fourth-order valence-electron chi connectivity index (χ4n) is 4.91. The first kappa shape index (κ1) is 21.4. The number of rotatable bonds is 6. The van der Waals surface area contributed by atoms with Crippen LogP contribution < -0.4 is 10.2 Å². The van der Waals surface area contributed by atoms with Gasteiger partial charge in [0, 0.05) is 25.1 Å². The molecule has 1 aromatic carbocycles. The summed E-state index contributed by atoms with van der Waals surface area (Å²) in [7, 11) is 1.44. The van der Waals surface area contributed by atoms with Gasteiger partial charge in [0.2, 0.25) is 0 Å². The summed E-state index contributed by atoms with van der Waals surface area (Å²) in [4.78, 5) is 19.2. The SMILES string of the molecule is C#CNC1(c2ccc(N3C[C@@H](O)[C@@H](OC)C3=O)nc2Cc2ccccc2)CCCCC1. The van der Waals surface area contributed by atoms with Crippen LogP contribution in [0.2, 0.25) is 0 Å². The summed E-state index contributed by atoms with van der Waals surface area (Å²) >= 11 is 0. The predicted molar refractivity (Wildman–Crippen MR) is 119 cm³/mol. The number of aromatic nitrogens is 1. The van der Waals surface area contributed by atoms with Gasteiger partial charge >= 0.3 is 0 Å². The number of nitrogens with one attached hydrogen (secondary N) is 1. The van der Waals surface area contributed by atoms with Crippen molar-refractivity contribution in [2.75, 3.05) is 18.6 Å². The van der Waals surface area contributed by atoms with Gasteiger partial charge in [-0.3, -0.25) is 9.69 Å². The highest BCUT2D eigenvalue weighted by atomic mass is 16.5. The maximum atomic E-state index is 12.7. The van der Waals surface area contributed by atoms with Gasteiger partial charge in [0.1, 0.15) is 11.9 Å². The molecule has 1 saturated heterocycles. The van der Waals surface area contributed by atoms with Crippen LogP contribution in [0.4, 0.5) is 5.82 Å². The van der Waals surface area contributed by atoms with Crippen molar-refractivity contribution in [3.63, 3.8) is 0 Å². The number of nitrogens with zero attached hydrogens (tertiary/aromatic N) is 2. The number of ether oxygens (including phenoxy) is 1. The Labute approximate surface area is 183 Å². The van der Waals surface area contributed by atoms with Gasteiger partial charge in [-0.25, -0.2) is 4.98 Å². The minimum atomic E-state index is -0.871. The molecule has 31 heavy (non-hydrogen) atoms. The molecule has 2 aliphatic rings. The number of aliphatic hydroxyl groups excluding tert-OH is 1. The minimum Gasteiger partial charge on any atom is -0.388 e. The van der Waals surface area contributed by atoms with Crippen LogP contribution >= 0.6 is 0 Å². The third-order valence-corrected chi connectivity index (χ3v) is 6.47. The summed E-state index contributed by atoms with van der Waals surface area (Å²) in [6.45, 7) is 0.169. The quantitative estimate of drug-likeness (QED) is 0.556. The number of β-amino-alcohol motifs (C(OH)–C–C–N with tert-alkyl or cyclic N) is 1. The first-order valence-electron chi connectivity index (χ1n) is 10.9. The molecule has 1 aromatic heterocycles. The number of methoxy groups -OCH3 is 1. The van der Waals surface area contributed by atoms with Crippen molar-refractivity contribution < 1.29 is 14.6 Å². The molecule has 2 heterocycles. The summed E-state index contributed by atoms with van der Waals surface area (Å²) in [6.07, 6.45) is 9.92. The Hall–Kier alpha value is -2.88. The second-order valence-electron chi connectivity index (χ2n) is 8.41. The molecular weight excluding hydrogens is 390 g/mol. The summed E-state index contributed by atoms with van der Waals surface area (Å²) < 4.78 is 5.18. The van der Waals surface area contributed by atoms with Gasteiger partial charge in [0.05, 0.1) is 17.8 Å². The topological polar surface area (TPSA) is 74.7 Å². The first-order valence-corrected chi connectivity index (χ1v) is 10.9. The lowest BCUT2D eigenvalue weighted by molar-refractivity contribution is -0.128. The second kappa shape index (κ2) is 9.09. The average Bonchev–Trinajstić information content (AvgIpc) is 3.08. The van der Waals surface area contributed by atoms with Crippen LogP contribution in [0.1, 0.15) is 48.9 Å². The highest BCUT2D eigenvalue weighted by molar-refractivity contribution is 5.98. The van der Waals surface area contributed by atoms with Gasteiger partial charge in [0.15, 0.2) is 6.10 Å². The summed E-state index contributed by atoms with van der Waals surface area (Å²) in [5.41, 5.74) is 2.82. The number of hydrogen-bond acceptors (Lipinski definition) is 5. The van der Waals surface area contributed by atoms with Gasteiger partial charge in [-0.05, 0) is 24.5 Å². The fraction of sp³-hybridized carbons (Fsp3) is 0.440. The van der Waals surface area contributed by atoms with Crippen molar-refractivity contribution >= 4 is 11.7 Å². The molecule has 4 rings (SSSR count). The normalized spacial score (nSPS) is 22.9.